The fourth-order valence-corrected chi connectivity index (χ4v) is 2.64. The second-order valence-corrected chi connectivity index (χ2v) is 6.24. The Morgan fingerprint density at radius 1 is 1.33 bits per heavy atom. The summed E-state index contributed by atoms with van der Waals surface area (Å²) >= 11 is 0. The van der Waals surface area contributed by atoms with Gasteiger partial charge in [-0.3, -0.25) is 4.68 Å². The van der Waals surface area contributed by atoms with Crippen molar-refractivity contribution in [1.29, 1.82) is 0 Å². The van der Waals surface area contributed by atoms with Gasteiger partial charge in [-0.25, -0.2) is 22.6 Å². The summed E-state index contributed by atoms with van der Waals surface area (Å²) in [5.74, 6) is -0.915. The Morgan fingerprint density at radius 2 is 2.11 bits per heavy atom. The molecule has 10 heteroatoms. The molecule has 1 aromatic heterocycles. The summed E-state index contributed by atoms with van der Waals surface area (Å²) in [5, 5.41) is 9.57. The number of guanidine groups is 1. The molecule has 2 heterocycles. The molecule has 0 saturated heterocycles. The lowest BCUT2D eigenvalue weighted by Gasteiger charge is -2.31. The van der Waals surface area contributed by atoms with Gasteiger partial charge in [0.25, 0.3) is 6.43 Å². The number of alkyl halides is 2. The van der Waals surface area contributed by atoms with Gasteiger partial charge in [0.1, 0.15) is 23.8 Å². The van der Waals surface area contributed by atoms with Crippen molar-refractivity contribution in [1.82, 2.24) is 15.1 Å². The second kappa shape index (κ2) is 7.39. The fraction of sp³-hybridized carbons (Fsp3) is 0.294. The predicted molar refractivity (Wildman–Crippen MR) is 93.2 cm³/mol. The zero-order valence-corrected chi connectivity index (χ0v) is 14.4. The Morgan fingerprint density at radius 3 is 2.85 bits per heavy atom. The largest absolute Gasteiger partial charge is 0.333 e. The van der Waals surface area contributed by atoms with Crippen molar-refractivity contribution in [2.24, 2.45) is 10.7 Å². The molecule has 6 nitrogen and oxygen atoms in total. The van der Waals surface area contributed by atoms with E-state index in [1.54, 1.807) is 13.1 Å². The average Bonchev–Trinajstić information content (AvgIpc) is 3.00. The molecule has 4 N–H and O–H groups in total. The summed E-state index contributed by atoms with van der Waals surface area (Å²) in [5.41, 5.74) is 6.16. The van der Waals surface area contributed by atoms with Gasteiger partial charge in [0.2, 0.25) is 5.96 Å². The summed E-state index contributed by atoms with van der Waals surface area (Å²) < 4.78 is 53.3. The third kappa shape index (κ3) is 4.45. The van der Waals surface area contributed by atoms with E-state index in [2.05, 4.69) is 20.7 Å². The summed E-state index contributed by atoms with van der Waals surface area (Å²) in [4.78, 5) is 4.36. The van der Waals surface area contributed by atoms with E-state index in [1.807, 2.05) is 0 Å². The maximum Gasteiger partial charge on any atom is 0.257 e. The van der Waals surface area contributed by atoms with Crippen molar-refractivity contribution >= 4 is 11.6 Å². The van der Waals surface area contributed by atoms with Crippen LogP contribution in [0.2, 0.25) is 0 Å². The van der Waals surface area contributed by atoms with Gasteiger partial charge < -0.3 is 16.4 Å². The Bertz CT molecular complexity index is 891. The summed E-state index contributed by atoms with van der Waals surface area (Å²) in [7, 11) is 0. The van der Waals surface area contributed by atoms with Crippen molar-refractivity contribution < 1.29 is 17.6 Å². The smallest absolute Gasteiger partial charge is 0.257 e. The molecule has 2 aromatic rings. The van der Waals surface area contributed by atoms with E-state index >= 15 is 0 Å². The first-order valence-corrected chi connectivity index (χ1v) is 8.09. The quantitative estimate of drug-likeness (QED) is 0.695. The van der Waals surface area contributed by atoms with E-state index in [1.165, 1.54) is 12.4 Å². The molecule has 1 unspecified atom stereocenters. The van der Waals surface area contributed by atoms with Gasteiger partial charge in [-0.1, -0.05) is 0 Å². The van der Waals surface area contributed by atoms with Crippen molar-refractivity contribution in [3.8, 4) is 0 Å². The number of anilines is 1. The highest BCUT2D eigenvalue weighted by Gasteiger charge is 2.31. The number of aromatic nitrogens is 2. The lowest BCUT2D eigenvalue weighted by molar-refractivity contribution is 0.122. The van der Waals surface area contributed by atoms with Crippen LogP contribution in [0.3, 0.4) is 0 Å². The van der Waals surface area contributed by atoms with Crippen LogP contribution in [0, 0.1) is 11.6 Å². The molecule has 0 saturated carbocycles. The van der Waals surface area contributed by atoms with Gasteiger partial charge in [0, 0.05) is 18.8 Å². The van der Waals surface area contributed by atoms with Gasteiger partial charge in [0.05, 0.1) is 11.9 Å². The molecule has 0 amide bonds. The molecule has 0 fully saturated rings. The second-order valence-electron chi connectivity index (χ2n) is 6.24. The van der Waals surface area contributed by atoms with Crippen LogP contribution in [0.25, 0.3) is 0 Å². The minimum atomic E-state index is -2.52. The van der Waals surface area contributed by atoms with E-state index in [9.17, 15) is 17.6 Å². The van der Waals surface area contributed by atoms with Crippen LogP contribution in [0.5, 0.6) is 0 Å². The highest BCUT2D eigenvalue weighted by atomic mass is 19.3. The van der Waals surface area contributed by atoms with Crippen LogP contribution < -0.4 is 16.4 Å². The van der Waals surface area contributed by atoms with E-state index in [0.29, 0.717) is 11.3 Å². The molecule has 1 atom stereocenters. The summed E-state index contributed by atoms with van der Waals surface area (Å²) in [6.45, 7) is 1.19. The lowest BCUT2D eigenvalue weighted by atomic mass is 9.93. The molecule has 0 spiro atoms. The monoisotopic (exact) mass is 382 g/mol. The Hall–Kier alpha value is -2.88. The van der Waals surface area contributed by atoms with E-state index in [0.717, 1.165) is 22.9 Å². The van der Waals surface area contributed by atoms with Crippen molar-refractivity contribution in [3.05, 3.63) is 59.6 Å². The summed E-state index contributed by atoms with van der Waals surface area (Å²) in [6, 6.07) is 3.14. The number of aliphatic imine (C=N–C) groups is 1. The summed E-state index contributed by atoms with van der Waals surface area (Å²) in [6.07, 6.45) is 1.77. The topological polar surface area (TPSA) is 80.3 Å². The minimum Gasteiger partial charge on any atom is -0.333 e. The number of nitrogens with zero attached hydrogens (tertiary/aromatic N) is 3. The van der Waals surface area contributed by atoms with Gasteiger partial charge in [0.15, 0.2) is 0 Å². The normalized spacial score (nSPS) is 19.5. The van der Waals surface area contributed by atoms with Crippen molar-refractivity contribution in [2.45, 2.75) is 32.0 Å². The van der Waals surface area contributed by atoms with Crippen molar-refractivity contribution in [2.75, 3.05) is 5.32 Å². The molecule has 1 aliphatic heterocycles. The van der Waals surface area contributed by atoms with E-state index < -0.39 is 30.3 Å². The first-order valence-electron chi connectivity index (χ1n) is 8.09. The SMILES string of the molecule is CC1=CNC(Nc2cnn(CC(F)F)c2)=NC1(N)Cc1cc(F)ccc1F. The van der Waals surface area contributed by atoms with Gasteiger partial charge in [-0.2, -0.15) is 5.10 Å². The highest BCUT2D eigenvalue weighted by Crippen LogP contribution is 2.25. The van der Waals surface area contributed by atoms with Crippen LogP contribution in [-0.2, 0) is 13.0 Å². The van der Waals surface area contributed by atoms with Gasteiger partial charge in [-0.15, -0.1) is 0 Å². The number of benzene rings is 1. The molecular formula is C17H18F4N6. The number of halogens is 4. The van der Waals surface area contributed by atoms with Crippen LogP contribution in [-0.4, -0.2) is 27.8 Å². The Labute approximate surface area is 152 Å². The molecule has 0 radical (unpaired) electrons. The minimum absolute atomic E-state index is 0.0591. The number of rotatable bonds is 5. The molecule has 1 aliphatic rings. The first-order chi connectivity index (χ1) is 12.7. The number of hydrogen-bond donors (Lipinski definition) is 3. The lowest BCUT2D eigenvalue weighted by Crippen LogP contribution is -2.48. The van der Waals surface area contributed by atoms with Gasteiger partial charge >= 0.3 is 0 Å². The Balaban J connectivity index is 1.79. The molecular weight excluding hydrogens is 364 g/mol. The molecule has 0 aliphatic carbocycles. The maximum absolute atomic E-state index is 14.0. The van der Waals surface area contributed by atoms with E-state index in [-0.39, 0.29) is 17.9 Å². The molecule has 144 valence electrons. The Kier molecular flexibility index (Phi) is 5.17. The van der Waals surface area contributed by atoms with Crippen LogP contribution in [0.15, 0.2) is 47.4 Å². The number of nitrogens with one attached hydrogen (secondary N) is 2. The van der Waals surface area contributed by atoms with Crippen molar-refractivity contribution in [3.63, 3.8) is 0 Å². The highest BCUT2D eigenvalue weighted by molar-refractivity contribution is 5.95. The van der Waals surface area contributed by atoms with Crippen LogP contribution >= 0.6 is 0 Å². The maximum atomic E-state index is 14.0. The molecule has 27 heavy (non-hydrogen) atoms. The third-order valence-electron chi connectivity index (χ3n) is 4.11. The molecule has 0 bridgehead atoms. The zero-order valence-electron chi connectivity index (χ0n) is 14.4. The standard InChI is InChI=1S/C17H18F4N6/c1-10-6-23-16(25-13-7-24-27(8-13)9-15(20)21)26-17(10,22)5-11-4-12(18)2-3-14(11)19/h2-4,6-8,15H,5,9,22H2,1H3,(H2,23,25,26). The zero-order chi connectivity index (χ0) is 19.6. The van der Waals surface area contributed by atoms with Crippen LogP contribution in [0.1, 0.15) is 12.5 Å². The third-order valence-corrected chi connectivity index (χ3v) is 4.11. The molecule has 1 aromatic carbocycles. The first kappa shape index (κ1) is 18.9. The van der Waals surface area contributed by atoms with E-state index in [4.69, 9.17) is 5.73 Å². The van der Waals surface area contributed by atoms with Crippen LogP contribution in [0.4, 0.5) is 23.2 Å². The number of nitrogens with two attached hydrogens (primary N) is 1. The average molecular weight is 382 g/mol. The molecule has 3 rings (SSSR count). The predicted octanol–water partition coefficient (Wildman–Crippen LogP) is 2.60. The number of hydrogen-bond acceptors (Lipinski definition) is 5. The van der Waals surface area contributed by atoms with Gasteiger partial charge in [-0.05, 0) is 36.3 Å². The fourth-order valence-electron chi connectivity index (χ4n) is 2.64.